The number of halogens is 1. The summed E-state index contributed by atoms with van der Waals surface area (Å²) < 4.78 is 15.3. The van der Waals surface area contributed by atoms with Crippen molar-refractivity contribution in [3.8, 4) is 0 Å². The number of anilines is 1. The fourth-order valence-electron chi connectivity index (χ4n) is 3.48. The van der Waals surface area contributed by atoms with Crippen molar-refractivity contribution in [1.29, 1.82) is 0 Å². The molecule has 0 aliphatic carbocycles. The first kappa shape index (κ1) is 16.9. The third kappa shape index (κ3) is 3.67. The van der Waals surface area contributed by atoms with Crippen molar-refractivity contribution in [2.75, 3.05) is 25.5 Å². The summed E-state index contributed by atoms with van der Waals surface area (Å²) >= 11 is 0. The normalized spacial score (nSPS) is 18.8. The van der Waals surface area contributed by atoms with Crippen LogP contribution in [0.1, 0.15) is 24.8 Å². The molecule has 1 atom stereocenters. The van der Waals surface area contributed by atoms with Gasteiger partial charge in [0.15, 0.2) is 5.65 Å². The van der Waals surface area contributed by atoms with E-state index >= 15 is 0 Å². The first-order valence-electron chi connectivity index (χ1n) is 9.05. The second-order valence-corrected chi connectivity index (χ2v) is 6.96. The molecule has 0 amide bonds. The standard InChI is InChI=1S/C19H23FN6/c1-25-9-2-3-16(8-10-25)23-19-24-17-11-21-13-22-18(17)26(19)12-14-4-6-15(20)7-5-14/h4-7,11,13,16H,2-3,8-10,12H2,1H3,(H,23,24). The Kier molecular flexibility index (Phi) is 4.79. The minimum Gasteiger partial charge on any atom is -0.353 e. The summed E-state index contributed by atoms with van der Waals surface area (Å²) in [6.45, 7) is 2.80. The first-order chi connectivity index (χ1) is 12.7. The lowest BCUT2D eigenvalue weighted by molar-refractivity contribution is 0.348. The molecule has 26 heavy (non-hydrogen) atoms. The molecule has 3 aromatic rings. The van der Waals surface area contributed by atoms with E-state index in [2.05, 4.69) is 31.8 Å². The van der Waals surface area contributed by atoms with Crippen molar-refractivity contribution in [3.05, 3.63) is 48.2 Å². The predicted molar refractivity (Wildman–Crippen MR) is 99.6 cm³/mol. The predicted octanol–water partition coefficient (Wildman–Crippen LogP) is 2.91. The van der Waals surface area contributed by atoms with Crippen LogP contribution in [0.5, 0.6) is 0 Å². The van der Waals surface area contributed by atoms with Gasteiger partial charge in [-0.05, 0) is 57.1 Å². The second-order valence-electron chi connectivity index (χ2n) is 6.96. The molecule has 1 fully saturated rings. The van der Waals surface area contributed by atoms with E-state index in [0.29, 0.717) is 12.6 Å². The Hall–Kier alpha value is -2.54. The summed E-state index contributed by atoms with van der Waals surface area (Å²) in [7, 11) is 2.17. The quantitative estimate of drug-likeness (QED) is 0.781. The van der Waals surface area contributed by atoms with Crippen LogP contribution in [0, 0.1) is 5.82 Å². The lowest BCUT2D eigenvalue weighted by Crippen LogP contribution is -2.24. The molecule has 7 heteroatoms. The van der Waals surface area contributed by atoms with Gasteiger partial charge in [0, 0.05) is 6.04 Å². The Morgan fingerprint density at radius 3 is 2.88 bits per heavy atom. The van der Waals surface area contributed by atoms with E-state index in [9.17, 15) is 4.39 Å². The number of hydrogen-bond donors (Lipinski definition) is 1. The summed E-state index contributed by atoms with van der Waals surface area (Å²) in [6, 6.07) is 6.95. The molecule has 6 nitrogen and oxygen atoms in total. The van der Waals surface area contributed by atoms with Crippen molar-refractivity contribution < 1.29 is 4.39 Å². The summed E-state index contributed by atoms with van der Waals surface area (Å²) in [5, 5.41) is 3.61. The van der Waals surface area contributed by atoms with E-state index in [-0.39, 0.29) is 5.82 Å². The molecule has 4 rings (SSSR count). The van der Waals surface area contributed by atoms with E-state index in [4.69, 9.17) is 4.98 Å². The SMILES string of the molecule is CN1CCCC(Nc2nc3cncnc3n2Cc2ccc(F)cc2)CC1. The molecule has 1 unspecified atom stereocenters. The molecule has 0 saturated carbocycles. The van der Waals surface area contributed by atoms with E-state index < -0.39 is 0 Å². The van der Waals surface area contributed by atoms with Gasteiger partial charge < -0.3 is 10.2 Å². The fourth-order valence-corrected chi connectivity index (χ4v) is 3.48. The Balaban J connectivity index is 1.64. The maximum absolute atomic E-state index is 13.2. The van der Waals surface area contributed by atoms with Crippen LogP contribution in [0.15, 0.2) is 36.8 Å². The van der Waals surface area contributed by atoms with Crippen LogP contribution in [-0.2, 0) is 6.54 Å². The average Bonchev–Trinajstić information content (AvgIpc) is 2.84. The number of fused-ring (bicyclic) bond motifs is 1. The topological polar surface area (TPSA) is 58.9 Å². The zero-order chi connectivity index (χ0) is 17.9. The number of nitrogens with one attached hydrogen (secondary N) is 1. The molecule has 136 valence electrons. The second kappa shape index (κ2) is 7.37. The zero-order valence-corrected chi connectivity index (χ0v) is 14.9. The van der Waals surface area contributed by atoms with E-state index in [0.717, 1.165) is 48.6 Å². The largest absolute Gasteiger partial charge is 0.353 e. The van der Waals surface area contributed by atoms with Gasteiger partial charge >= 0.3 is 0 Å². The number of aromatic nitrogens is 4. The Morgan fingerprint density at radius 1 is 1.19 bits per heavy atom. The third-order valence-electron chi connectivity index (χ3n) is 4.95. The van der Waals surface area contributed by atoms with Crippen LogP contribution in [0.2, 0.25) is 0 Å². The molecule has 0 radical (unpaired) electrons. The molecular weight excluding hydrogens is 331 g/mol. The average molecular weight is 354 g/mol. The van der Waals surface area contributed by atoms with Gasteiger partial charge in [-0.3, -0.25) is 4.57 Å². The highest BCUT2D eigenvalue weighted by atomic mass is 19.1. The summed E-state index contributed by atoms with van der Waals surface area (Å²) in [5.74, 6) is 0.576. The fraction of sp³-hybridized carbons (Fsp3) is 0.421. The van der Waals surface area contributed by atoms with Crippen molar-refractivity contribution >= 4 is 17.1 Å². The summed E-state index contributed by atoms with van der Waals surface area (Å²) in [6.07, 6.45) is 6.65. The van der Waals surface area contributed by atoms with Gasteiger partial charge in [-0.15, -0.1) is 0 Å². The van der Waals surface area contributed by atoms with Crippen LogP contribution in [-0.4, -0.2) is 50.6 Å². The van der Waals surface area contributed by atoms with Crippen molar-refractivity contribution in [2.45, 2.75) is 31.8 Å². The molecule has 3 heterocycles. The number of imidazole rings is 1. The molecule has 1 aliphatic heterocycles. The van der Waals surface area contributed by atoms with Crippen molar-refractivity contribution in [3.63, 3.8) is 0 Å². The highest BCUT2D eigenvalue weighted by molar-refractivity contribution is 5.73. The molecule has 2 aromatic heterocycles. The lowest BCUT2D eigenvalue weighted by atomic mass is 10.1. The number of hydrogen-bond acceptors (Lipinski definition) is 5. The van der Waals surface area contributed by atoms with Gasteiger partial charge in [0.25, 0.3) is 0 Å². The van der Waals surface area contributed by atoms with E-state index in [1.165, 1.54) is 24.9 Å². The van der Waals surface area contributed by atoms with Crippen LogP contribution >= 0.6 is 0 Å². The monoisotopic (exact) mass is 354 g/mol. The highest BCUT2D eigenvalue weighted by Crippen LogP contribution is 2.22. The number of rotatable bonds is 4. The molecule has 1 aliphatic rings. The maximum Gasteiger partial charge on any atom is 0.205 e. The first-order valence-corrected chi connectivity index (χ1v) is 9.05. The smallest absolute Gasteiger partial charge is 0.205 e. The van der Waals surface area contributed by atoms with E-state index in [1.807, 2.05) is 0 Å². The number of nitrogens with zero attached hydrogens (tertiary/aromatic N) is 5. The lowest BCUT2D eigenvalue weighted by Gasteiger charge is -2.18. The Bertz CT molecular complexity index is 875. The van der Waals surface area contributed by atoms with Gasteiger partial charge in [0.1, 0.15) is 17.7 Å². The molecule has 0 spiro atoms. The molecule has 1 N–H and O–H groups in total. The zero-order valence-electron chi connectivity index (χ0n) is 14.9. The Morgan fingerprint density at radius 2 is 2.04 bits per heavy atom. The summed E-state index contributed by atoms with van der Waals surface area (Å²) in [4.78, 5) is 15.6. The van der Waals surface area contributed by atoms with Gasteiger partial charge in [-0.1, -0.05) is 12.1 Å². The number of likely N-dealkylation sites (tertiary alicyclic amines) is 1. The molecule has 1 aromatic carbocycles. The highest BCUT2D eigenvalue weighted by Gasteiger charge is 2.19. The summed E-state index contributed by atoms with van der Waals surface area (Å²) in [5.41, 5.74) is 2.56. The van der Waals surface area contributed by atoms with Crippen molar-refractivity contribution in [1.82, 2.24) is 24.4 Å². The number of benzene rings is 1. The van der Waals surface area contributed by atoms with Gasteiger partial charge in [-0.2, -0.15) is 0 Å². The third-order valence-corrected chi connectivity index (χ3v) is 4.95. The molecular formula is C19H23FN6. The van der Waals surface area contributed by atoms with Crippen molar-refractivity contribution in [2.24, 2.45) is 0 Å². The van der Waals surface area contributed by atoms with Gasteiger partial charge in [0.2, 0.25) is 5.95 Å². The van der Waals surface area contributed by atoms with Crippen LogP contribution < -0.4 is 5.32 Å². The Labute approximate surface area is 152 Å². The van der Waals surface area contributed by atoms with Gasteiger partial charge in [0.05, 0.1) is 12.7 Å². The minimum atomic E-state index is -0.229. The maximum atomic E-state index is 13.2. The van der Waals surface area contributed by atoms with E-state index in [1.54, 1.807) is 18.3 Å². The molecule has 1 saturated heterocycles. The van der Waals surface area contributed by atoms with Crippen LogP contribution in [0.3, 0.4) is 0 Å². The molecule has 0 bridgehead atoms. The van der Waals surface area contributed by atoms with Crippen LogP contribution in [0.4, 0.5) is 10.3 Å². The van der Waals surface area contributed by atoms with Gasteiger partial charge in [-0.25, -0.2) is 19.3 Å². The van der Waals surface area contributed by atoms with Crippen LogP contribution in [0.25, 0.3) is 11.2 Å². The minimum absolute atomic E-state index is 0.229.